The van der Waals surface area contributed by atoms with Gasteiger partial charge in [0.15, 0.2) is 6.17 Å². The van der Waals surface area contributed by atoms with Gasteiger partial charge in [0.25, 0.3) is 0 Å². The van der Waals surface area contributed by atoms with Crippen LogP contribution in [0, 0.1) is 29.6 Å². The Labute approximate surface area is 176 Å². The van der Waals surface area contributed by atoms with Crippen LogP contribution in [0.4, 0.5) is 13.2 Å². The van der Waals surface area contributed by atoms with Gasteiger partial charge in [0.1, 0.15) is 12.3 Å². The normalized spacial score (nSPS) is 44.0. The van der Waals surface area contributed by atoms with Crippen LogP contribution >= 0.6 is 0 Å². The lowest BCUT2D eigenvalue weighted by molar-refractivity contribution is -0.0784. The standard InChI is InChI=1S/C25H43F3O/c1-3-4-5-6-7-17-8-10-18(11-9-17)20-13-12-19(16-22(20)26)21-14-15-23(29-2)25(28)24(21)27/h17-25H,3-16H2,1-2H3. The van der Waals surface area contributed by atoms with E-state index in [-0.39, 0.29) is 17.8 Å². The van der Waals surface area contributed by atoms with E-state index in [0.717, 1.165) is 18.8 Å². The van der Waals surface area contributed by atoms with E-state index in [1.807, 2.05) is 0 Å². The molecule has 29 heavy (non-hydrogen) atoms. The predicted molar refractivity (Wildman–Crippen MR) is 113 cm³/mol. The van der Waals surface area contributed by atoms with Crippen molar-refractivity contribution in [3.63, 3.8) is 0 Å². The van der Waals surface area contributed by atoms with E-state index < -0.39 is 24.6 Å². The van der Waals surface area contributed by atoms with E-state index in [1.54, 1.807) is 0 Å². The van der Waals surface area contributed by atoms with Crippen LogP contribution in [0.5, 0.6) is 0 Å². The molecule has 170 valence electrons. The Morgan fingerprint density at radius 1 is 0.724 bits per heavy atom. The largest absolute Gasteiger partial charge is 0.378 e. The molecular formula is C25H43F3O. The molecule has 3 saturated carbocycles. The number of alkyl halides is 3. The van der Waals surface area contributed by atoms with Crippen molar-refractivity contribution in [2.24, 2.45) is 29.6 Å². The minimum atomic E-state index is -1.55. The molecule has 0 aromatic heterocycles. The van der Waals surface area contributed by atoms with Crippen molar-refractivity contribution in [1.82, 2.24) is 0 Å². The Kier molecular flexibility index (Phi) is 9.20. The molecule has 0 saturated heterocycles. The third-order valence-corrected chi connectivity index (χ3v) is 8.59. The molecule has 0 spiro atoms. The third kappa shape index (κ3) is 5.92. The van der Waals surface area contributed by atoms with Gasteiger partial charge in [0, 0.05) is 7.11 Å². The Bertz CT molecular complexity index is 465. The Morgan fingerprint density at radius 3 is 2.07 bits per heavy atom. The molecule has 1 nitrogen and oxygen atoms in total. The van der Waals surface area contributed by atoms with Crippen LogP contribution in [0.1, 0.15) is 96.8 Å². The fourth-order valence-corrected chi connectivity index (χ4v) is 6.71. The Balaban J connectivity index is 1.43. The highest BCUT2D eigenvalue weighted by Gasteiger charge is 2.46. The molecule has 0 bridgehead atoms. The molecule has 0 heterocycles. The van der Waals surface area contributed by atoms with Crippen LogP contribution in [-0.4, -0.2) is 31.7 Å². The molecule has 3 aliphatic rings. The molecular weight excluding hydrogens is 373 g/mol. The minimum absolute atomic E-state index is 0.00205. The lowest BCUT2D eigenvalue weighted by Crippen LogP contribution is -2.46. The molecule has 0 radical (unpaired) electrons. The van der Waals surface area contributed by atoms with Crippen LogP contribution in [0.2, 0.25) is 0 Å². The lowest BCUT2D eigenvalue weighted by Gasteiger charge is -2.44. The van der Waals surface area contributed by atoms with E-state index in [2.05, 4.69) is 6.92 Å². The zero-order chi connectivity index (χ0) is 20.8. The summed E-state index contributed by atoms with van der Waals surface area (Å²) in [5, 5.41) is 0. The SMILES string of the molecule is CCCCCCC1CCC(C2CCC(C3CCC(OC)C(F)C3F)CC2F)CC1. The topological polar surface area (TPSA) is 9.23 Å². The number of unbranched alkanes of at least 4 members (excludes halogenated alkanes) is 3. The smallest absolute Gasteiger partial charge is 0.157 e. The van der Waals surface area contributed by atoms with E-state index in [4.69, 9.17) is 4.74 Å². The van der Waals surface area contributed by atoms with Gasteiger partial charge in [-0.3, -0.25) is 0 Å². The summed E-state index contributed by atoms with van der Waals surface area (Å²) >= 11 is 0. The van der Waals surface area contributed by atoms with Gasteiger partial charge in [-0.25, -0.2) is 13.2 Å². The molecule has 4 heteroatoms. The third-order valence-electron chi connectivity index (χ3n) is 8.59. The number of ether oxygens (including phenoxy) is 1. The zero-order valence-electron chi connectivity index (χ0n) is 18.6. The van der Waals surface area contributed by atoms with Crippen LogP contribution < -0.4 is 0 Å². The first-order chi connectivity index (χ1) is 14.0. The number of hydrogen-bond donors (Lipinski definition) is 0. The van der Waals surface area contributed by atoms with Gasteiger partial charge in [0.2, 0.25) is 0 Å². The first kappa shape index (κ1) is 23.4. The highest BCUT2D eigenvalue weighted by Crippen LogP contribution is 2.48. The van der Waals surface area contributed by atoms with Gasteiger partial charge < -0.3 is 4.74 Å². The molecule has 0 aliphatic heterocycles. The average molecular weight is 417 g/mol. The van der Waals surface area contributed by atoms with Gasteiger partial charge in [-0.2, -0.15) is 0 Å². The molecule has 0 N–H and O–H groups in total. The van der Waals surface area contributed by atoms with Crippen molar-refractivity contribution < 1.29 is 17.9 Å². The zero-order valence-corrected chi connectivity index (χ0v) is 18.6. The van der Waals surface area contributed by atoms with Crippen molar-refractivity contribution in [3.8, 4) is 0 Å². The van der Waals surface area contributed by atoms with Gasteiger partial charge in [-0.1, -0.05) is 51.9 Å². The molecule has 7 atom stereocenters. The van der Waals surface area contributed by atoms with E-state index in [0.29, 0.717) is 25.2 Å². The summed E-state index contributed by atoms with van der Waals surface area (Å²) < 4.78 is 49.2. The first-order valence-corrected chi connectivity index (χ1v) is 12.5. The van der Waals surface area contributed by atoms with E-state index >= 15 is 4.39 Å². The second-order valence-electron chi connectivity index (χ2n) is 10.3. The second kappa shape index (κ2) is 11.4. The van der Waals surface area contributed by atoms with Crippen molar-refractivity contribution in [3.05, 3.63) is 0 Å². The maximum atomic E-state index is 15.1. The van der Waals surface area contributed by atoms with Gasteiger partial charge in [-0.05, 0) is 74.5 Å². The molecule has 0 amide bonds. The summed E-state index contributed by atoms with van der Waals surface area (Å²) in [6.07, 6.45) is 10.4. The van der Waals surface area contributed by atoms with Gasteiger partial charge in [0.05, 0.1) is 6.10 Å². The molecule has 7 unspecified atom stereocenters. The van der Waals surface area contributed by atoms with Gasteiger partial charge >= 0.3 is 0 Å². The van der Waals surface area contributed by atoms with Crippen molar-refractivity contribution in [2.75, 3.05) is 7.11 Å². The van der Waals surface area contributed by atoms with E-state index in [9.17, 15) is 8.78 Å². The molecule has 3 rings (SSSR count). The molecule has 3 fully saturated rings. The van der Waals surface area contributed by atoms with Crippen LogP contribution in [-0.2, 0) is 4.74 Å². The Morgan fingerprint density at radius 2 is 1.41 bits per heavy atom. The molecule has 0 aromatic carbocycles. The maximum absolute atomic E-state index is 15.1. The van der Waals surface area contributed by atoms with Crippen molar-refractivity contribution >= 4 is 0 Å². The maximum Gasteiger partial charge on any atom is 0.157 e. The van der Waals surface area contributed by atoms with Crippen LogP contribution in [0.3, 0.4) is 0 Å². The van der Waals surface area contributed by atoms with Crippen LogP contribution in [0.25, 0.3) is 0 Å². The lowest BCUT2D eigenvalue weighted by atomic mass is 9.64. The van der Waals surface area contributed by atoms with Crippen LogP contribution in [0.15, 0.2) is 0 Å². The molecule has 0 aromatic rings. The number of hydrogen-bond acceptors (Lipinski definition) is 1. The first-order valence-electron chi connectivity index (χ1n) is 12.5. The van der Waals surface area contributed by atoms with Gasteiger partial charge in [-0.15, -0.1) is 0 Å². The number of rotatable bonds is 8. The quantitative estimate of drug-likeness (QED) is 0.370. The average Bonchev–Trinajstić information content (AvgIpc) is 2.74. The van der Waals surface area contributed by atoms with Crippen molar-refractivity contribution in [1.29, 1.82) is 0 Å². The monoisotopic (exact) mass is 416 g/mol. The number of methoxy groups -OCH3 is 1. The number of halogens is 3. The summed E-state index contributed by atoms with van der Waals surface area (Å²) in [5.41, 5.74) is 0. The predicted octanol–water partition coefficient (Wildman–Crippen LogP) is 7.62. The van der Waals surface area contributed by atoms with E-state index in [1.165, 1.54) is 64.9 Å². The second-order valence-corrected chi connectivity index (χ2v) is 10.3. The van der Waals surface area contributed by atoms with Crippen molar-refractivity contribution in [2.45, 2.75) is 121 Å². The highest BCUT2D eigenvalue weighted by atomic mass is 19.2. The highest BCUT2D eigenvalue weighted by molar-refractivity contribution is 4.95. The summed E-state index contributed by atoms with van der Waals surface area (Å²) in [6, 6.07) is 0. The summed E-state index contributed by atoms with van der Waals surface area (Å²) in [6.45, 7) is 2.25. The summed E-state index contributed by atoms with van der Waals surface area (Å²) in [5.74, 6) is 1.19. The fraction of sp³-hybridized carbons (Fsp3) is 1.00. The molecule has 3 aliphatic carbocycles. The minimum Gasteiger partial charge on any atom is -0.378 e. The fourth-order valence-electron chi connectivity index (χ4n) is 6.71. The summed E-state index contributed by atoms with van der Waals surface area (Å²) in [7, 11) is 1.45. The summed E-state index contributed by atoms with van der Waals surface area (Å²) in [4.78, 5) is 0. The Hall–Kier alpha value is -0.250.